The highest BCUT2D eigenvalue weighted by Gasteiger charge is 2.16. The molecule has 0 aromatic heterocycles. The fourth-order valence-corrected chi connectivity index (χ4v) is 4.02. The van der Waals surface area contributed by atoms with Gasteiger partial charge in [0.1, 0.15) is 11.6 Å². The van der Waals surface area contributed by atoms with Crippen molar-refractivity contribution in [3.63, 3.8) is 0 Å². The van der Waals surface area contributed by atoms with Crippen LogP contribution in [0.25, 0.3) is 0 Å². The lowest BCUT2D eigenvalue weighted by Gasteiger charge is -2.20. The lowest BCUT2D eigenvalue weighted by atomic mass is 10.0. The standard InChI is InChI=1S/C22H37F2NO2S/c1-2-3-4-5-6-7-8-9-10-11-12-13-14-15-18-25(28(26)27)22-17-16-20(23)19-21(22)24/h16-17,19H,2-15,18H2,1H3,(H,26,27). The topological polar surface area (TPSA) is 40.5 Å². The number of rotatable bonds is 17. The SMILES string of the molecule is CCCCCCCCCCCCCCCCN(c1ccc(F)cc1F)S(=O)O. The number of nitrogens with zero attached hydrogens (tertiary/aromatic N) is 1. The molecule has 1 atom stereocenters. The molecule has 0 aliphatic heterocycles. The number of unbranched alkanes of at least 4 members (excludes halogenated alkanes) is 13. The molecule has 1 N–H and O–H groups in total. The lowest BCUT2D eigenvalue weighted by Crippen LogP contribution is -2.27. The van der Waals surface area contributed by atoms with E-state index in [2.05, 4.69) is 6.92 Å². The summed E-state index contributed by atoms with van der Waals surface area (Å²) in [4.78, 5) is 0. The van der Waals surface area contributed by atoms with Crippen molar-refractivity contribution in [1.29, 1.82) is 0 Å². The highest BCUT2D eigenvalue weighted by Crippen LogP contribution is 2.22. The molecular formula is C22H37F2NO2S. The van der Waals surface area contributed by atoms with Crippen LogP contribution >= 0.6 is 0 Å². The zero-order chi connectivity index (χ0) is 20.6. The van der Waals surface area contributed by atoms with Crippen molar-refractivity contribution in [3.8, 4) is 0 Å². The predicted molar refractivity (Wildman–Crippen MR) is 115 cm³/mol. The molecule has 0 radical (unpaired) electrons. The zero-order valence-corrected chi connectivity index (χ0v) is 18.1. The monoisotopic (exact) mass is 417 g/mol. The molecule has 0 aliphatic rings. The van der Waals surface area contributed by atoms with E-state index < -0.39 is 22.9 Å². The number of hydrogen-bond donors (Lipinski definition) is 1. The van der Waals surface area contributed by atoms with E-state index >= 15 is 0 Å². The summed E-state index contributed by atoms with van der Waals surface area (Å²) < 4.78 is 48.8. The van der Waals surface area contributed by atoms with Gasteiger partial charge in [-0.15, -0.1) is 0 Å². The van der Waals surface area contributed by atoms with Gasteiger partial charge in [-0.05, 0) is 18.6 Å². The highest BCUT2D eigenvalue weighted by molar-refractivity contribution is 7.80. The van der Waals surface area contributed by atoms with Crippen molar-refractivity contribution in [2.24, 2.45) is 0 Å². The Morgan fingerprint density at radius 3 is 1.71 bits per heavy atom. The van der Waals surface area contributed by atoms with Crippen LogP contribution in [-0.2, 0) is 11.3 Å². The van der Waals surface area contributed by atoms with E-state index in [9.17, 15) is 17.5 Å². The van der Waals surface area contributed by atoms with Crippen LogP contribution in [-0.4, -0.2) is 15.3 Å². The van der Waals surface area contributed by atoms with E-state index in [1.807, 2.05) is 0 Å². The lowest BCUT2D eigenvalue weighted by molar-refractivity contribution is 0.532. The molecule has 1 aromatic carbocycles. The first-order valence-electron chi connectivity index (χ1n) is 10.9. The largest absolute Gasteiger partial charge is 0.289 e. The smallest absolute Gasteiger partial charge is 0.261 e. The van der Waals surface area contributed by atoms with Crippen molar-refractivity contribution in [2.75, 3.05) is 10.8 Å². The van der Waals surface area contributed by atoms with E-state index in [-0.39, 0.29) is 12.2 Å². The van der Waals surface area contributed by atoms with Crippen LogP contribution in [0.5, 0.6) is 0 Å². The van der Waals surface area contributed by atoms with Crippen molar-refractivity contribution in [1.82, 2.24) is 0 Å². The van der Waals surface area contributed by atoms with Crippen LogP contribution in [0.15, 0.2) is 18.2 Å². The Balaban J connectivity index is 2.05. The van der Waals surface area contributed by atoms with Crippen LogP contribution in [0, 0.1) is 11.6 Å². The second-order valence-corrected chi connectivity index (χ2v) is 8.43. The molecule has 0 saturated carbocycles. The van der Waals surface area contributed by atoms with E-state index in [1.54, 1.807) is 0 Å². The van der Waals surface area contributed by atoms with Gasteiger partial charge in [0.05, 0.1) is 5.69 Å². The molecule has 1 aromatic rings. The van der Waals surface area contributed by atoms with Gasteiger partial charge in [0.15, 0.2) is 0 Å². The Hall–Kier alpha value is -1.01. The minimum atomic E-state index is -2.32. The third kappa shape index (κ3) is 11.1. The average molecular weight is 418 g/mol. The van der Waals surface area contributed by atoms with Gasteiger partial charge in [-0.2, -0.15) is 0 Å². The molecule has 0 fully saturated rings. The van der Waals surface area contributed by atoms with Gasteiger partial charge in [0.2, 0.25) is 0 Å². The summed E-state index contributed by atoms with van der Waals surface area (Å²) in [6.07, 6.45) is 17.2. The fraction of sp³-hybridized carbons (Fsp3) is 0.727. The maximum Gasteiger partial charge on any atom is 0.261 e. The minimum Gasteiger partial charge on any atom is -0.289 e. The van der Waals surface area contributed by atoms with Crippen LogP contribution in [0.3, 0.4) is 0 Å². The Morgan fingerprint density at radius 1 is 0.821 bits per heavy atom. The molecule has 1 rings (SSSR count). The van der Waals surface area contributed by atoms with Crippen LogP contribution in [0.1, 0.15) is 96.8 Å². The first-order valence-corrected chi connectivity index (χ1v) is 12.0. The van der Waals surface area contributed by atoms with Gasteiger partial charge in [0, 0.05) is 12.6 Å². The first kappa shape index (κ1) is 25.0. The minimum absolute atomic E-state index is 0.0306. The molecule has 0 amide bonds. The zero-order valence-electron chi connectivity index (χ0n) is 17.3. The Kier molecular flexibility index (Phi) is 14.2. The third-order valence-corrected chi connectivity index (χ3v) is 5.84. The summed E-state index contributed by atoms with van der Waals surface area (Å²) in [6, 6.07) is 3.05. The second-order valence-electron chi connectivity index (χ2n) is 7.52. The first-order chi connectivity index (χ1) is 13.6. The summed E-state index contributed by atoms with van der Waals surface area (Å²) in [5.74, 6) is -1.51. The molecular weight excluding hydrogens is 380 g/mol. The maximum absolute atomic E-state index is 13.8. The molecule has 0 saturated heterocycles. The molecule has 6 heteroatoms. The van der Waals surface area contributed by atoms with Crippen LogP contribution < -0.4 is 4.31 Å². The number of benzene rings is 1. The van der Waals surface area contributed by atoms with E-state index in [0.29, 0.717) is 6.42 Å². The van der Waals surface area contributed by atoms with Gasteiger partial charge in [-0.25, -0.2) is 13.0 Å². The number of halogens is 2. The van der Waals surface area contributed by atoms with Gasteiger partial charge < -0.3 is 0 Å². The molecule has 0 bridgehead atoms. The summed E-state index contributed by atoms with van der Waals surface area (Å²) in [5.41, 5.74) is -0.0306. The number of anilines is 1. The molecule has 28 heavy (non-hydrogen) atoms. The van der Waals surface area contributed by atoms with E-state index in [1.165, 1.54) is 76.7 Å². The summed E-state index contributed by atoms with van der Waals surface area (Å²) in [7, 11) is 0. The second kappa shape index (κ2) is 15.9. The third-order valence-electron chi connectivity index (χ3n) is 5.08. The van der Waals surface area contributed by atoms with Crippen LogP contribution in [0.4, 0.5) is 14.5 Å². The van der Waals surface area contributed by atoms with Crippen LogP contribution in [0.2, 0.25) is 0 Å². The van der Waals surface area contributed by atoms with Gasteiger partial charge >= 0.3 is 0 Å². The summed E-state index contributed by atoms with van der Waals surface area (Å²) in [5, 5.41) is 0. The predicted octanol–water partition coefficient (Wildman–Crippen LogP) is 7.39. The fourth-order valence-electron chi connectivity index (χ4n) is 3.42. The van der Waals surface area contributed by atoms with Gasteiger partial charge in [-0.3, -0.25) is 8.86 Å². The Labute approximate surface area is 172 Å². The molecule has 1 unspecified atom stereocenters. The van der Waals surface area contributed by atoms with Gasteiger partial charge in [0.25, 0.3) is 11.3 Å². The van der Waals surface area contributed by atoms with Crippen molar-refractivity contribution < 1.29 is 17.5 Å². The normalized spacial score (nSPS) is 12.3. The molecule has 162 valence electrons. The number of hydrogen-bond acceptors (Lipinski definition) is 1. The summed E-state index contributed by atoms with van der Waals surface area (Å²) in [6.45, 7) is 2.53. The molecule has 3 nitrogen and oxygen atoms in total. The van der Waals surface area contributed by atoms with Crippen molar-refractivity contribution >= 4 is 17.0 Å². The van der Waals surface area contributed by atoms with Crippen molar-refractivity contribution in [3.05, 3.63) is 29.8 Å². The Bertz CT molecular complexity index is 557. The molecule has 0 heterocycles. The Morgan fingerprint density at radius 2 is 1.29 bits per heavy atom. The maximum atomic E-state index is 13.8. The van der Waals surface area contributed by atoms with Gasteiger partial charge in [-0.1, -0.05) is 90.4 Å². The van der Waals surface area contributed by atoms with E-state index in [0.717, 1.165) is 29.3 Å². The average Bonchev–Trinajstić information content (AvgIpc) is 2.65. The van der Waals surface area contributed by atoms with E-state index in [4.69, 9.17) is 0 Å². The van der Waals surface area contributed by atoms with Crippen molar-refractivity contribution in [2.45, 2.75) is 96.8 Å². The summed E-state index contributed by atoms with van der Waals surface area (Å²) >= 11 is -2.32. The molecule has 0 spiro atoms. The molecule has 0 aliphatic carbocycles. The quantitative estimate of drug-likeness (QED) is 0.212. The highest BCUT2D eigenvalue weighted by atomic mass is 32.2.